The van der Waals surface area contributed by atoms with E-state index in [1.165, 1.54) is 0 Å². The molecular formula is C21H30Cl2N2O2S. The van der Waals surface area contributed by atoms with Gasteiger partial charge in [-0.05, 0) is 70.5 Å². The molecule has 1 aromatic carbocycles. The summed E-state index contributed by atoms with van der Waals surface area (Å²) in [5.74, 6) is 2.40. The third-order valence-electron chi connectivity index (χ3n) is 5.70. The molecule has 0 bridgehead atoms. The molecule has 1 heterocycles. The Morgan fingerprint density at radius 1 is 1.29 bits per heavy atom. The topological polar surface area (TPSA) is 56.3 Å². The molecule has 2 aliphatic rings. The van der Waals surface area contributed by atoms with Gasteiger partial charge in [-0.3, -0.25) is 0 Å². The molecule has 2 N–H and O–H groups in total. The van der Waals surface area contributed by atoms with Crippen molar-refractivity contribution >= 4 is 34.6 Å². The van der Waals surface area contributed by atoms with Crippen molar-refractivity contribution in [2.45, 2.75) is 44.4 Å². The number of nitrogens with one attached hydrogen (secondary N) is 2. The minimum atomic E-state index is -1.21. The summed E-state index contributed by atoms with van der Waals surface area (Å²) >= 11 is 11.4. The van der Waals surface area contributed by atoms with Crippen molar-refractivity contribution in [3.8, 4) is 5.75 Å². The first kappa shape index (κ1) is 22.3. The van der Waals surface area contributed by atoms with Crippen LogP contribution < -0.4 is 14.8 Å². The van der Waals surface area contributed by atoms with Crippen molar-refractivity contribution in [2.75, 3.05) is 19.7 Å². The maximum atomic E-state index is 13.0. The molecule has 3 unspecified atom stereocenters. The summed E-state index contributed by atoms with van der Waals surface area (Å²) in [7, 11) is 0. The minimum absolute atomic E-state index is 0.111. The highest BCUT2D eigenvalue weighted by molar-refractivity contribution is 7.90. The van der Waals surface area contributed by atoms with Gasteiger partial charge in [0.2, 0.25) is 0 Å². The van der Waals surface area contributed by atoms with Crippen LogP contribution in [0.5, 0.6) is 5.75 Å². The molecule has 0 spiro atoms. The van der Waals surface area contributed by atoms with Crippen molar-refractivity contribution in [1.82, 2.24) is 10.0 Å². The van der Waals surface area contributed by atoms with Crippen LogP contribution in [0.4, 0.5) is 0 Å². The van der Waals surface area contributed by atoms with Crippen molar-refractivity contribution in [1.29, 1.82) is 0 Å². The molecule has 0 amide bonds. The van der Waals surface area contributed by atoms with Gasteiger partial charge in [-0.15, -0.1) is 4.72 Å². The zero-order valence-corrected chi connectivity index (χ0v) is 19.1. The van der Waals surface area contributed by atoms with Crippen LogP contribution in [-0.4, -0.2) is 29.0 Å². The van der Waals surface area contributed by atoms with Gasteiger partial charge in [-0.25, -0.2) is 0 Å². The fraction of sp³-hybridized carbons (Fsp3) is 0.619. The highest BCUT2D eigenvalue weighted by atomic mass is 35.5. The number of hydrogen-bond acceptors (Lipinski definition) is 4. The lowest BCUT2D eigenvalue weighted by molar-refractivity contribution is 0.334. The van der Waals surface area contributed by atoms with Gasteiger partial charge in [-0.1, -0.05) is 35.9 Å². The Morgan fingerprint density at radius 2 is 1.89 bits per heavy atom. The van der Waals surface area contributed by atoms with Crippen LogP contribution in [0.25, 0.3) is 0 Å². The van der Waals surface area contributed by atoms with Gasteiger partial charge in [0, 0.05) is 23.0 Å². The van der Waals surface area contributed by atoms with Crippen molar-refractivity contribution in [3.05, 3.63) is 40.4 Å². The molecule has 3 rings (SSSR count). The molecule has 0 aromatic heterocycles. The van der Waals surface area contributed by atoms with Crippen LogP contribution in [-0.2, 0) is 11.4 Å². The van der Waals surface area contributed by atoms with E-state index in [1.54, 1.807) is 12.1 Å². The van der Waals surface area contributed by atoms with Crippen LogP contribution in [0.1, 0.15) is 45.2 Å². The van der Waals surface area contributed by atoms with E-state index >= 15 is 0 Å². The van der Waals surface area contributed by atoms with E-state index in [0.29, 0.717) is 40.2 Å². The first-order valence-electron chi connectivity index (χ1n) is 9.82. The highest BCUT2D eigenvalue weighted by Gasteiger charge is 2.44. The molecule has 1 saturated carbocycles. The molecule has 1 aliphatic carbocycles. The van der Waals surface area contributed by atoms with Gasteiger partial charge in [-0.2, -0.15) is 0 Å². The summed E-state index contributed by atoms with van der Waals surface area (Å²) in [5.41, 5.74) is 0.923. The first-order chi connectivity index (χ1) is 13.2. The summed E-state index contributed by atoms with van der Waals surface area (Å²) in [6.07, 6.45) is 3.89. The van der Waals surface area contributed by atoms with Crippen LogP contribution in [0.2, 0.25) is 10.0 Å². The lowest BCUT2D eigenvalue weighted by atomic mass is 9.90. The lowest BCUT2D eigenvalue weighted by Crippen LogP contribution is -2.43. The monoisotopic (exact) mass is 444 g/mol. The third-order valence-corrected chi connectivity index (χ3v) is 8.00. The maximum Gasteiger partial charge on any atom is 0.136 e. The third kappa shape index (κ3) is 5.00. The van der Waals surface area contributed by atoms with Crippen LogP contribution in [0, 0.1) is 17.8 Å². The summed E-state index contributed by atoms with van der Waals surface area (Å²) in [6.45, 7) is 12.2. The van der Waals surface area contributed by atoms with Crippen LogP contribution >= 0.6 is 23.2 Å². The van der Waals surface area contributed by atoms with Crippen molar-refractivity contribution in [3.63, 3.8) is 0 Å². The number of fused-ring (bicyclic) bond motifs is 1. The molecule has 5 atom stereocenters. The van der Waals surface area contributed by atoms with Crippen LogP contribution in [0.15, 0.2) is 24.8 Å². The van der Waals surface area contributed by atoms with Gasteiger partial charge < -0.3 is 14.6 Å². The second-order valence-corrected chi connectivity index (χ2v) is 11.6. The fourth-order valence-electron chi connectivity index (χ4n) is 4.25. The largest absolute Gasteiger partial charge is 0.598 e. The van der Waals surface area contributed by atoms with Gasteiger partial charge >= 0.3 is 0 Å². The van der Waals surface area contributed by atoms with Crippen molar-refractivity contribution in [2.24, 2.45) is 17.8 Å². The van der Waals surface area contributed by atoms with Crippen molar-refractivity contribution < 1.29 is 9.29 Å². The van der Waals surface area contributed by atoms with E-state index in [9.17, 15) is 4.55 Å². The summed E-state index contributed by atoms with van der Waals surface area (Å²) < 4.78 is 22.0. The Kier molecular flexibility index (Phi) is 7.28. The number of halogens is 2. The Bertz CT molecular complexity index is 698. The maximum absolute atomic E-state index is 13.0. The first-order valence-corrected chi connectivity index (χ1v) is 11.7. The normalized spacial score (nSPS) is 26.7. The fourth-order valence-corrected chi connectivity index (χ4v) is 5.48. The summed E-state index contributed by atoms with van der Waals surface area (Å²) in [4.78, 5) is 0. The van der Waals surface area contributed by atoms with Gasteiger partial charge in [0.15, 0.2) is 0 Å². The quantitative estimate of drug-likeness (QED) is 0.463. The van der Waals surface area contributed by atoms with E-state index in [4.69, 9.17) is 27.9 Å². The molecule has 1 aliphatic heterocycles. The number of hydrogen-bond donors (Lipinski definition) is 2. The van der Waals surface area contributed by atoms with Gasteiger partial charge in [0.05, 0.1) is 16.1 Å². The Labute approximate surface area is 181 Å². The molecule has 1 aromatic rings. The molecule has 2 fully saturated rings. The minimum Gasteiger partial charge on any atom is -0.598 e. The lowest BCUT2D eigenvalue weighted by Gasteiger charge is -2.32. The smallest absolute Gasteiger partial charge is 0.136 e. The Balaban J connectivity index is 1.96. The summed E-state index contributed by atoms with van der Waals surface area (Å²) in [6, 6.07) is 3.52. The summed E-state index contributed by atoms with van der Waals surface area (Å²) in [5, 5.41) is 4.42. The van der Waals surface area contributed by atoms with Crippen LogP contribution in [0.3, 0.4) is 0 Å². The highest BCUT2D eigenvalue weighted by Crippen LogP contribution is 2.47. The van der Waals surface area contributed by atoms with E-state index < -0.39 is 11.4 Å². The van der Waals surface area contributed by atoms with E-state index in [2.05, 4.69) is 16.6 Å². The average Bonchev–Trinajstić information content (AvgIpc) is 3.21. The standard InChI is InChI=1S/C21H30Cl2N2O2S/c1-5-6-27-19-10-18(23)17(22)9-16(19)20(25-28(26)21(2,3)4)13-7-14-11-24-12-15(14)8-13/h5,9-10,13-15,20,24-25H,1,6-8,11-12H2,2-4H3/t13?,14-,15+,20?,28?. The molecule has 0 radical (unpaired) electrons. The van der Waals surface area contributed by atoms with E-state index in [-0.39, 0.29) is 10.8 Å². The van der Waals surface area contributed by atoms with Gasteiger partial charge in [0.1, 0.15) is 17.1 Å². The Morgan fingerprint density at radius 3 is 2.46 bits per heavy atom. The second kappa shape index (κ2) is 9.15. The Hall–Kier alpha value is -0.430. The zero-order chi connectivity index (χ0) is 20.5. The van der Waals surface area contributed by atoms with Gasteiger partial charge in [0.25, 0.3) is 0 Å². The SMILES string of the molecule is C=CCOc1cc(Cl)c(Cl)cc1C(N[S+]([O-])C(C)(C)C)C1C[C@H]2CNC[C@H]2C1. The second-order valence-electron chi connectivity index (χ2n) is 8.79. The van der Waals surface area contributed by atoms with E-state index in [1.807, 2.05) is 26.8 Å². The molecule has 156 valence electrons. The molecule has 1 saturated heterocycles. The average molecular weight is 445 g/mol. The predicted molar refractivity (Wildman–Crippen MR) is 118 cm³/mol. The number of rotatable bonds is 7. The number of ether oxygens (including phenoxy) is 1. The molecular weight excluding hydrogens is 415 g/mol. The molecule has 7 heteroatoms. The number of benzene rings is 1. The van der Waals surface area contributed by atoms with E-state index in [0.717, 1.165) is 31.5 Å². The molecule has 28 heavy (non-hydrogen) atoms. The molecule has 4 nitrogen and oxygen atoms in total. The zero-order valence-electron chi connectivity index (χ0n) is 16.8. The predicted octanol–water partition coefficient (Wildman–Crippen LogP) is 4.90.